The maximum Gasteiger partial charge on any atom is 0.242 e. The number of rotatable bonds is 10. The van der Waals surface area contributed by atoms with Gasteiger partial charge in [-0.1, -0.05) is 41.9 Å². The van der Waals surface area contributed by atoms with Gasteiger partial charge in [0.2, 0.25) is 11.8 Å². The number of hydrogen-bond donors (Lipinski definition) is 1. The second-order valence-corrected chi connectivity index (χ2v) is 10.2. The van der Waals surface area contributed by atoms with Crippen molar-refractivity contribution in [2.24, 2.45) is 0 Å². The van der Waals surface area contributed by atoms with Gasteiger partial charge in [0.05, 0.1) is 0 Å². The summed E-state index contributed by atoms with van der Waals surface area (Å²) in [4.78, 5) is 28.6. The summed E-state index contributed by atoms with van der Waals surface area (Å²) in [6.07, 6.45) is 1.89. The number of carbonyl (C=O) groups is 2. The van der Waals surface area contributed by atoms with Crippen molar-refractivity contribution in [3.63, 3.8) is 0 Å². The van der Waals surface area contributed by atoms with Crippen LogP contribution in [0, 0.1) is 0 Å². The largest absolute Gasteiger partial charge is 0.350 e. The SMILES string of the molecule is C[C@H](C(=O)NC(C)(C)C)N(CCc1ccccc1)C(=O)CCCSc1ccc(Cl)cc1. The number of halogens is 1. The Kier molecular flexibility index (Phi) is 9.92. The van der Waals surface area contributed by atoms with Crippen molar-refractivity contribution >= 4 is 35.2 Å². The third-order valence-corrected chi connectivity index (χ3v) is 6.12. The predicted molar refractivity (Wildman–Crippen MR) is 131 cm³/mol. The van der Waals surface area contributed by atoms with Crippen LogP contribution < -0.4 is 5.32 Å². The Morgan fingerprint density at radius 2 is 1.71 bits per heavy atom. The molecular formula is C25H33ClN2O2S. The molecule has 0 heterocycles. The lowest BCUT2D eigenvalue weighted by atomic mass is 10.1. The van der Waals surface area contributed by atoms with Crippen molar-refractivity contribution in [1.29, 1.82) is 0 Å². The summed E-state index contributed by atoms with van der Waals surface area (Å²) < 4.78 is 0. The molecule has 0 radical (unpaired) electrons. The molecule has 2 rings (SSSR count). The van der Waals surface area contributed by atoms with E-state index in [1.807, 2.05) is 82.3 Å². The molecule has 4 nitrogen and oxygen atoms in total. The van der Waals surface area contributed by atoms with Crippen molar-refractivity contribution < 1.29 is 9.59 Å². The molecule has 31 heavy (non-hydrogen) atoms. The van der Waals surface area contributed by atoms with E-state index in [-0.39, 0.29) is 17.4 Å². The molecule has 0 bridgehead atoms. The Morgan fingerprint density at radius 1 is 1.06 bits per heavy atom. The number of thioether (sulfide) groups is 1. The van der Waals surface area contributed by atoms with Crippen LogP contribution in [0.4, 0.5) is 0 Å². The van der Waals surface area contributed by atoms with Crippen molar-refractivity contribution in [3.8, 4) is 0 Å². The van der Waals surface area contributed by atoms with E-state index in [1.54, 1.807) is 16.7 Å². The van der Waals surface area contributed by atoms with Crippen LogP contribution in [0.1, 0.15) is 46.1 Å². The highest BCUT2D eigenvalue weighted by Crippen LogP contribution is 2.22. The smallest absolute Gasteiger partial charge is 0.242 e. The third kappa shape index (κ3) is 9.36. The Balaban J connectivity index is 1.95. The molecule has 2 aromatic rings. The fourth-order valence-electron chi connectivity index (χ4n) is 3.13. The van der Waals surface area contributed by atoms with Gasteiger partial charge < -0.3 is 10.2 Å². The topological polar surface area (TPSA) is 49.4 Å². The lowest BCUT2D eigenvalue weighted by Gasteiger charge is -2.31. The van der Waals surface area contributed by atoms with Crippen molar-refractivity contribution in [1.82, 2.24) is 10.2 Å². The van der Waals surface area contributed by atoms with E-state index in [4.69, 9.17) is 11.6 Å². The summed E-state index contributed by atoms with van der Waals surface area (Å²) in [6, 6.07) is 17.3. The van der Waals surface area contributed by atoms with E-state index in [0.29, 0.717) is 13.0 Å². The third-order valence-electron chi connectivity index (χ3n) is 4.77. The Hall–Kier alpha value is -1.98. The molecule has 0 aliphatic heterocycles. The van der Waals surface area contributed by atoms with Gasteiger partial charge in [-0.15, -0.1) is 11.8 Å². The zero-order chi connectivity index (χ0) is 22.9. The summed E-state index contributed by atoms with van der Waals surface area (Å²) >= 11 is 7.63. The van der Waals surface area contributed by atoms with Crippen LogP contribution in [0.5, 0.6) is 0 Å². The number of amides is 2. The quantitative estimate of drug-likeness (QED) is 0.371. The highest BCUT2D eigenvalue weighted by Gasteiger charge is 2.27. The molecule has 0 aromatic heterocycles. The molecular weight excluding hydrogens is 428 g/mol. The number of nitrogens with zero attached hydrogens (tertiary/aromatic N) is 1. The fraction of sp³-hybridized carbons (Fsp3) is 0.440. The molecule has 0 saturated heterocycles. The van der Waals surface area contributed by atoms with E-state index in [9.17, 15) is 9.59 Å². The van der Waals surface area contributed by atoms with Crippen LogP contribution in [-0.2, 0) is 16.0 Å². The maximum atomic E-state index is 13.1. The minimum Gasteiger partial charge on any atom is -0.350 e. The van der Waals surface area contributed by atoms with Gasteiger partial charge in [0, 0.05) is 28.4 Å². The number of benzene rings is 2. The molecule has 1 N–H and O–H groups in total. The van der Waals surface area contributed by atoms with Crippen LogP contribution in [0.2, 0.25) is 5.02 Å². The molecule has 6 heteroatoms. The van der Waals surface area contributed by atoms with Crippen molar-refractivity contribution in [3.05, 3.63) is 65.2 Å². The number of nitrogens with one attached hydrogen (secondary N) is 1. The molecule has 0 aliphatic carbocycles. The Morgan fingerprint density at radius 3 is 2.32 bits per heavy atom. The average molecular weight is 461 g/mol. The lowest BCUT2D eigenvalue weighted by Crippen LogP contribution is -2.53. The maximum absolute atomic E-state index is 13.1. The summed E-state index contributed by atoms with van der Waals surface area (Å²) in [7, 11) is 0. The van der Waals surface area contributed by atoms with E-state index in [0.717, 1.165) is 34.1 Å². The van der Waals surface area contributed by atoms with E-state index in [1.165, 1.54) is 0 Å². The average Bonchev–Trinajstić information content (AvgIpc) is 2.72. The second-order valence-electron chi connectivity index (χ2n) is 8.64. The van der Waals surface area contributed by atoms with Gasteiger partial charge in [0.15, 0.2) is 0 Å². The van der Waals surface area contributed by atoms with E-state index >= 15 is 0 Å². The first-order valence-corrected chi connectivity index (χ1v) is 12.1. The van der Waals surface area contributed by atoms with Gasteiger partial charge in [-0.25, -0.2) is 0 Å². The van der Waals surface area contributed by atoms with E-state index < -0.39 is 6.04 Å². The fourth-order valence-corrected chi connectivity index (χ4v) is 4.11. The predicted octanol–water partition coefficient (Wildman–Crippen LogP) is 5.59. The molecule has 0 spiro atoms. The van der Waals surface area contributed by atoms with Crippen molar-refractivity contribution in [2.45, 2.75) is 63.4 Å². The molecule has 0 fully saturated rings. The van der Waals surface area contributed by atoms with Gasteiger partial charge in [-0.3, -0.25) is 9.59 Å². The van der Waals surface area contributed by atoms with Gasteiger partial charge in [-0.2, -0.15) is 0 Å². The highest BCUT2D eigenvalue weighted by atomic mass is 35.5. The van der Waals surface area contributed by atoms with Crippen LogP contribution >= 0.6 is 23.4 Å². The first-order chi connectivity index (χ1) is 14.7. The molecule has 1 atom stereocenters. The highest BCUT2D eigenvalue weighted by molar-refractivity contribution is 7.99. The molecule has 2 amide bonds. The van der Waals surface area contributed by atoms with Gasteiger partial charge in [-0.05, 0) is 76.1 Å². The standard InChI is InChI=1S/C25H33ClN2O2S/c1-19(24(30)27-25(2,3)4)28(17-16-20-9-6-5-7-10-20)23(29)11-8-18-31-22-14-12-21(26)13-15-22/h5-7,9-10,12-15,19H,8,11,16-18H2,1-4H3,(H,27,30)/t19-/m1/s1. The number of hydrogen-bond acceptors (Lipinski definition) is 3. The van der Waals surface area contributed by atoms with Gasteiger partial charge >= 0.3 is 0 Å². The number of carbonyl (C=O) groups excluding carboxylic acids is 2. The lowest BCUT2D eigenvalue weighted by molar-refractivity contribution is -0.140. The van der Waals surface area contributed by atoms with E-state index in [2.05, 4.69) is 5.32 Å². The first kappa shape index (κ1) is 25.3. The normalized spacial score (nSPS) is 12.3. The molecule has 0 saturated carbocycles. The van der Waals surface area contributed by atoms with Crippen molar-refractivity contribution in [2.75, 3.05) is 12.3 Å². The van der Waals surface area contributed by atoms with Crippen LogP contribution in [-0.4, -0.2) is 40.6 Å². The molecule has 2 aromatic carbocycles. The van der Waals surface area contributed by atoms with Gasteiger partial charge in [0.25, 0.3) is 0 Å². The van der Waals surface area contributed by atoms with Crippen LogP contribution in [0.15, 0.2) is 59.5 Å². The summed E-state index contributed by atoms with van der Waals surface area (Å²) in [5.41, 5.74) is 0.816. The summed E-state index contributed by atoms with van der Waals surface area (Å²) in [5.74, 6) is 0.733. The molecule has 0 aliphatic rings. The van der Waals surface area contributed by atoms with Crippen LogP contribution in [0.25, 0.3) is 0 Å². The summed E-state index contributed by atoms with van der Waals surface area (Å²) in [5, 5.41) is 3.72. The zero-order valence-electron chi connectivity index (χ0n) is 18.9. The van der Waals surface area contributed by atoms with Gasteiger partial charge in [0.1, 0.15) is 6.04 Å². The Labute approximate surface area is 195 Å². The van der Waals surface area contributed by atoms with Crippen LogP contribution in [0.3, 0.4) is 0 Å². The molecule has 168 valence electrons. The molecule has 0 unspecified atom stereocenters. The monoisotopic (exact) mass is 460 g/mol. The minimum absolute atomic E-state index is 0.0178. The minimum atomic E-state index is -0.514. The zero-order valence-corrected chi connectivity index (χ0v) is 20.4. The first-order valence-electron chi connectivity index (χ1n) is 10.7. The Bertz CT molecular complexity index is 835. The second kappa shape index (κ2) is 12.2. The summed E-state index contributed by atoms with van der Waals surface area (Å²) in [6.45, 7) is 8.17.